The first-order chi connectivity index (χ1) is 6.39. The summed E-state index contributed by atoms with van der Waals surface area (Å²) in [6.07, 6.45) is 4.01. The zero-order valence-electron chi connectivity index (χ0n) is 10.5. The van der Waals surface area contributed by atoms with E-state index in [0.29, 0.717) is 5.41 Å². The zero-order valence-corrected chi connectivity index (χ0v) is 11.6. The molecule has 0 aliphatic rings. The van der Waals surface area contributed by atoms with Gasteiger partial charge < -0.3 is 4.74 Å². The Hall–Kier alpha value is -0.243. The smallest absolute Gasteiger partial charge is 0.0873 e. The predicted octanol–water partition coefficient (Wildman–Crippen LogP) is 3.83. The van der Waals surface area contributed by atoms with Crippen molar-refractivity contribution in [2.45, 2.75) is 52.2 Å². The quantitative estimate of drug-likeness (QED) is 0.371. The average Bonchev–Trinajstić information content (AvgIpc) is 2.01. The van der Waals surface area contributed by atoms with Crippen LogP contribution in [0.3, 0.4) is 0 Å². The maximum atomic E-state index is 5.16. The minimum Gasteiger partial charge on any atom is -0.502 e. The molecule has 0 aromatic heterocycles. The van der Waals surface area contributed by atoms with Crippen molar-refractivity contribution in [1.82, 2.24) is 0 Å². The van der Waals surface area contributed by atoms with Crippen LogP contribution in [0.25, 0.3) is 0 Å². The average molecular weight is 214 g/mol. The van der Waals surface area contributed by atoms with Gasteiger partial charge in [0.2, 0.25) is 0 Å². The maximum Gasteiger partial charge on any atom is 0.0873 e. The van der Waals surface area contributed by atoms with Crippen molar-refractivity contribution in [2.75, 3.05) is 6.61 Å². The molecule has 0 aromatic rings. The van der Waals surface area contributed by atoms with Gasteiger partial charge in [0.05, 0.1) is 12.9 Å². The van der Waals surface area contributed by atoms with Crippen LogP contribution >= 0.6 is 0 Å². The van der Waals surface area contributed by atoms with Crippen LogP contribution in [-0.2, 0) is 4.74 Å². The van der Waals surface area contributed by atoms with Crippen molar-refractivity contribution < 1.29 is 4.74 Å². The Morgan fingerprint density at radius 1 is 1.36 bits per heavy atom. The lowest BCUT2D eigenvalue weighted by molar-refractivity contribution is 0.232. The zero-order chi connectivity index (χ0) is 11.2. The standard InChI is InChI=1S/C12H26OSi/c1-7-13-10-8-9-11(14(5)6)12(2,3)4/h7,11,14H,1,8-10H2,2-6H3. The molecule has 1 atom stereocenters. The molecule has 0 saturated heterocycles. The first kappa shape index (κ1) is 13.8. The number of hydrogen-bond acceptors (Lipinski definition) is 1. The summed E-state index contributed by atoms with van der Waals surface area (Å²) in [5, 5.41) is 0. The highest BCUT2D eigenvalue weighted by Gasteiger charge is 2.27. The van der Waals surface area contributed by atoms with Gasteiger partial charge in [-0.1, -0.05) is 40.4 Å². The van der Waals surface area contributed by atoms with E-state index in [0.717, 1.165) is 12.1 Å². The number of rotatable bonds is 6. The number of hydrogen-bond donors (Lipinski definition) is 0. The monoisotopic (exact) mass is 214 g/mol. The van der Waals surface area contributed by atoms with Crippen LogP contribution in [-0.4, -0.2) is 15.4 Å². The summed E-state index contributed by atoms with van der Waals surface area (Å²) in [6, 6.07) is 0. The van der Waals surface area contributed by atoms with E-state index in [1.165, 1.54) is 12.8 Å². The predicted molar refractivity (Wildman–Crippen MR) is 67.5 cm³/mol. The minimum absolute atomic E-state index is 0.467. The molecular formula is C12H26OSi. The minimum atomic E-state index is -0.543. The lowest BCUT2D eigenvalue weighted by Crippen LogP contribution is -2.26. The van der Waals surface area contributed by atoms with Crippen molar-refractivity contribution >= 4 is 8.80 Å². The molecule has 0 amide bonds. The molecule has 0 N–H and O–H groups in total. The van der Waals surface area contributed by atoms with Crippen LogP contribution in [0.5, 0.6) is 0 Å². The van der Waals surface area contributed by atoms with Crippen LogP contribution in [0.2, 0.25) is 18.6 Å². The Morgan fingerprint density at radius 3 is 2.29 bits per heavy atom. The molecule has 0 spiro atoms. The molecule has 0 heterocycles. The van der Waals surface area contributed by atoms with E-state index in [9.17, 15) is 0 Å². The molecular weight excluding hydrogens is 188 g/mol. The topological polar surface area (TPSA) is 9.23 Å². The summed E-state index contributed by atoms with van der Waals surface area (Å²) in [5.41, 5.74) is 1.38. The summed E-state index contributed by atoms with van der Waals surface area (Å²) >= 11 is 0. The van der Waals surface area contributed by atoms with Gasteiger partial charge in [0, 0.05) is 8.80 Å². The highest BCUT2D eigenvalue weighted by Crippen LogP contribution is 2.37. The van der Waals surface area contributed by atoms with E-state index in [1.807, 2.05) is 0 Å². The van der Waals surface area contributed by atoms with Gasteiger partial charge in [-0.2, -0.15) is 0 Å². The lowest BCUT2D eigenvalue weighted by atomic mass is 9.89. The van der Waals surface area contributed by atoms with E-state index in [-0.39, 0.29) is 0 Å². The van der Waals surface area contributed by atoms with Crippen molar-refractivity contribution in [1.29, 1.82) is 0 Å². The van der Waals surface area contributed by atoms with Gasteiger partial charge in [-0.15, -0.1) is 0 Å². The van der Waals surface area contributed by atoms with Gasteiger partial charge in [-0.05, 0) is 23.8 Å². The third-order valence-corrected chi connectivity index (χ3v) is 5.76. The molecule has 0 aromatic carbocycles. The Kier molecular flexibility index (Phi) is 6.17. The molecule has 0 aliphatic heterocycles. The van der Waals surface area contributed by atoms with Crippen LogP contribution in [0, 0.1) is 5.41 Å². The fourth-order valence-electron chi connectivity index (χ4n) is 2.24. The van der Waals surface area contributed by atoms with Crippen molar-refractivity contribution in [3.05, 3.63) is 12.8 Å². The molecule has 1 nitrogen and oxygen atoms in total. The maximum absolute atomic E-state index is 5.16. The molecule has 0 bridgehead atoms. The SMILES string of the molecule is C=COCCCC([SiH](C)C)C(C)(C)C. The summed E-state index contributed by atoms with van der Waals surface area (Å²) in [4.78, 5) is 0. The summed E-state index contributed by atoms with van der Waals surface area (Å²) < 4.78 is 5.16. The highest BCUT2D eigenvalue weighted by atomic mass is 28.3. The van der Waals surface area contributed by atoms with Gasteiger partial charge in [-0.25, -0.2) is 0 Å². The molecule has 0 radical (unpaired) electrons. The second kappa shape index (κ2) is 6.28. The van der Waals surface area contributed by atoms with Crippen LogP contribution < -0.4 is 0 Å². The molecule has 2 heteroatoms. The Balaban J connectivity index is 3.93. The summed E-state index contributed by atoms with van der Waals surface area (Å²) in [5.74, 6) is 0. The number of ether oxygens (including phenoxy) is 1. The Morgan fingerprint density at radius 2 is 1.93 bits per heavy atom. The van der Waals surface area contributed by atoms with E-state index in [4.69, 9.17) is 4.74 Å². The highest BCUT2D eigenvalue weighted by molar-refractivity contribution is 6.57. The van der Waals surface area contributed by atoms with Crippen molar-refractivity contribution in [3.8, 4) is 0 Å². The second-order valence-electron chi connectivity index (χ2n) is 5.40. The first-order valence-corrected chi connectivity index (χ1v) is 8.59. The fraction of sp³-hybridized carbons (Fsp3) is 0.833. The van der Waals surface area contributed by atoms with Crippen molar-refractivity contribution in [2.24, 2.45) is 5.41 Å². The van der Waals surface area contributed by atoms with Gasteiger partial charge >= 0.3 is 0 Å². The normalized spacial score (nSPS) is 14.1. The summed E-state index contributed by atoms with van der Waals surface area (Å²) in [6.45, 7) is 16.4. The molecule has 0 fully saturated rings. The lowest BCUT2D eigenvalue weighted by Gasteiger charge is -2.33. The van der Waals surface area contributed by atoms with E-state index < -0.39 is 8.80 Å². The molecule has 84 valence electrons. The third kappa shape index (κ3) is 5.48. The van der Waals surface area contributed by atoms with Gasteiger partial charge in [0.25, 0.3) is 0 Å². The van der Waals surface area contributed by atoms with E-state index in [1.54, 1.807) is 6.26 Å². The van der Waals surface area contributed by atoms with Gasteiger partial charge in [0.1, 0.15) is 0 Å². The van der Waals surface area contributed by atoms with Gasteiger partial charge in [0.15, 0.2) is 0 Å². The third-order valence-electron chi connectivity index (χ3n) is 2.81. The van der Waals surface area contributed by atoms with E-state index >= 15 is 0 Å². The molecule has 14 heavy (non-hydrogen) atoms. The molecule has 0 saturated carbocycles. The molecule has 1 unspecified atom stereocenters. The van der Waals surface area contributed by atoms with Gasteiger partial charge in [-0.3, -0.25) is 0 Å². The second-order valence-corrected chi connectivity index (χ2v) is 8.69. The Bertz CT molecular complexity index is 158. The van der Waals surface area contributed by atoms with Crippen molar-refractivity contribution in [3.63, 3.8) is 0 Å². The van der Waals surface area contributed by atoms with Crippen LogP contribution in [0.4, 0.5) is 0 Å². The van der Waals surface area contributed by atoms with Crippen LogP contribution in [0.1, 0.15) is 33.6 Å². The fourth-order valence-corrected chi connectivity index (χ4v) is 5.14. The summed E-state index contributed by atoms with van der Waals surface area (Å²) in [7, 11) is -0.543. The first-order valence-electron chi connectivity index (χ1n) is 5.62. The molecule has 0 aliphatic carbocycles. The van der Waals surface area contributed by atoms with E-state index in [2.05, 4.69) is 40.4 Å². The van der Waals surface area contributed by atoms with Crippen LogP contribution in [0.15, 0.2) is 12.8 Å². The largest absolute Gasteiger partial charge is 0.502 e. The molecule has 0 rings (SSSR count). The Labute approximate surface area is 91.2 Å².